The molecular formula is C8H9F2N3O2. The molecule has 0 fully saturated rings. The number of carboxylic acids is 1. The van der Waals surface area contributed by atoms with E-state index in [1.807, 2.05) is 0 Å². The normalized spacial score (nSPS) is 12.8. The van der Waals surface area contributed by atoms with Crippen LogP contribution in [0.5, 0.6) is 0 Å². The number of hydrogen-bond acceptors (Lipinski definition) is 4. The van der Waals surface area contributed by atoms with E-state index in [0.717, 1.165) is 12.4 Å². The summed E-state index contributed by atoms with van der Waals surface area (Å²) >= 11 is 0. The average molecular weight is 217 g/mol. The first kappa shape index (κ1) is 11.4. The van der Waals surface area contributed by atoms with Gasteiger partial charge in [-0.25, -0.2) is 8.78 Å². The summed E-state index contributed by atoms with van der Waals surface area (Å²) in [5.74, 6) is -1.17. The van der Waals surface area contributed by atoms with Crippen molar-refractivity contribution < 1.29 is 18.7 Å². The first-order valence-electron chi connectivity index (χ1n) is 4.08. The predicted octanol–water partition coefficient (Wildman–Crippen LogP) is 0.369. The van der Waals surface area contributed by atoms with Gasteiger partial charge in [0.15, 0.2) is 0 Å². The number of nitrogens with two attached hydrogens (primary N) is 1. The van der Waals surface area contributed by atoms with Crippen LogP contribution in [0.3, 0.4) is 0 Å². The topological polar surface area (TPSA) is 89.1 Å². The lowest BCUT2D eigenvalue weighted by molar-refractivity contribution is -0.138. The maximum Gasteiger partial charge on any atom is 0.320 e. The number of halogens is 2. The van der Waals surface area contributed by atoms with Gasteiger partial charge in [0, 0.05) is 12.6 Å². The molecule has 0 spiro atoms. The van der Waals surface area contributed by atoms with Crippen LogP contribution in [0.15, 0.2) is 12.4 Å². The van der Waals surface area contributed by atoms with E-state index in [0.29, 0.717) is 0 Å². The van der Waals surface area contributed by atoms with Crippen molar-refractivity contribution in [1.82, 2.24) is 9.97 Å². The van der Waals surface area contributed by atoms with Gasteiger partial charge in [0.1, 0.15) is 11.7 Å². The van der Waals surface area contributed by atoms with E-state index in [9.17, 15) is 13.6 Å². The van der Waals surface area contributed by atoms with Crippen molar-refractivity contribution >= 4 is 5.97 Å². The molecular weight excluding hydrogens is 208 g/mol. The predicted molar refractivity (Wildman–Crippen MR) is 46.3 cm³/mol. The van der Waals surface area contributed by atoms with E-state index in [1.165, 1.54) is 0 Å². The molecule has 0 aliphatic carbocycles. The van der Waals surface area contributed by atoms with Gasteiger partial charge in [0.05, 0.1) is 11.9 Å². The molecule has 1 unspecified atom stereocenters. The zero-order valence-electron chi connectivity index (χ0n) is 7.60. The van der Waals surface area contributed by atoms with Crippen LogP contribution in [-0.4, -0.2) is 27.1 Å². The summed E-state index contributed by atoms with van der Waals surface area (Å²) in [5, 5.41) is 8.49. The molecule has 0 amide bonds. The van der Waals surface area contributed by atoms with E-state index in [-0.39, 0.29) is 12.1 Å². The maximum absolute atomic E-state index is 12.1. The van der Waals surface area contributed by atoms with Crippen molar-refractivity contribution in [3.05, 3.63) is 23.8 Å². The molecule has 1 atom stereocenters. The molecule has 82 valence electrons. The smallest absolute Gasteiger partial charge is 0.320 e. The first-order valence-corrected chi connectivity index (χ1v) is 4.08. The minimum Gasteiger partial charge on any atom is -0.480 e. The summed E-state index contributed by atoms with van der Waals surface area (Å²) in [6.45, 7) is 0. The summed E-state index contributed by atoms with van der Waals surface area (Å²) in [5.41, 5.74) is 5.06. The third kappa shape index (κ3) is 3.21. The van der Waals surface area contributed by atoms with Crippen LogP contribution in [0, 0.1) is 0 Å². The highest BCUT2D eigenvalue weighted by atomic mass is 19.3. The largest absolute Gasteiger partial charge is 0.480 e. The van der Waals surface area contributed by atoms with Crippen LogP contribution >= 0.6 is 0 Å². The van der Waals surface area contributed by atoms with Gasteiger partial charge in [-0.2, -0.15) is 0 Å². The van der Waals surface area contributed by atoms with Crippen molar-refractivity contribution in [3.8, 4) is 0 Å². The Kier molecular flexibility index (Phi) is 3.62. The van der Waals surface area contributed by atoms with E-state index < -0.39 is 24.1 Å². The number of aromatic nitrogens is 2. The molecule has 0 aromatic carbocycles. The average Bonchev–Trinajstić information content (AvgIpc) is 2.18. The molecule has 1 rings (SSSR count). The summed E-state index contributed by atoms with van der Waals surface area (Å²) in [7, 11) is 0. The molecule has 7 heteroatoms. The van der Waals surface area contributed by atoms with Crippen molar-refractivity contribution in [2.45, 2.75) is 18.9 Å². The van der Waals surface area contributed by atoms with Gasteiger partial charge in [0.25, 0.3) is 6.43 Å². The van der Waals surface area contributed by atoms with Gasteiger partial charge in [-0.05, 0) is 0 Å². The summed E-state index contributed by atoms with van der Waals surface area (Å²) < 4.78 is 24.1. The Morgan fingerprint density at radius 3 is 2.53 bits per heavy atom. The number of aliphatic carboxylic acids is 1. The lowest BCUT2D eigenvalue weighted by atomic mass is 10.2. The van der Waals surface area contributed by atoms with Crippen molar-refractivity contribution in [1.29, 1.82) is 0 Å². The van der Waals surface area contributed by atoms with Gasteiger partial charge in [-0.1, -0.05) is 0 Å². The number of carboxylic acid groups (broad SMARTS) is 1. The molecule has 0 aliphatic rings. The Bertz CT molecular complexity index is 342. The highest BCUT2D eigenvalue weighted by Crippen LogP contribution is 2.14. The van der Waals surface area contributed by atoms with Crippen molar-refractivity contribution in [2.75, 3.05) is 0 Å². The van der Waals surface area contributed by atoms with Crippen LogP contribution in [0.2, 0.25) is 0 Å². The molecule has 0 saturated carbocycles. The lowest BCUT2D eigenvalue weighted by Gasteiger charge is -2.05. The minimum absolute atomic E-state index is 0.0359. The summed E-state index contributed by atoms with van der Waals surface area (Å²) in [6.07, 6.45) is -0.704. The van der Waals surface area contributed by atoms with Crippen LogP contribution in [0.4, 0.5) is 8.78 Å². The molecule has 0 aliphatic heterocycles. The number of hydrogen-bond donors (Lipinski definition) is 2. The van der Waals surface area contributed by atoms with Gasteiger partial charge < -0.3 is 10.8 Å². The van der Waals surface area contributed by atoms with Gasteiger partial charge in [0.2, 0.25) is 0 Å². The van der Waals surface area contributed by atoms with Gasteiger partial charge in [-0.3, -0.25) is 14.8 Å². The molecule has 0 radical (unpaired) electrons. The zero-order valence-corrected chi connectivity index (χ0v) is 7.60. The second-order valence-electron chi connectivity index (χ2n) is 2.88. The third-order valence-corrected chi connectivity index (χ3v) is 1.70. The highest BCUT2D eigenvalue weighted by Gasteiger charge is 2.14. The fourth-order valence-corrected chi connectivity index (χ4v) is 0.895. The van der Waals surface area contributed by atoms with E-state index in [2.05, 4.69) is 9.97 Å². The Hall–Kier alpha value is -1.63. The Morgan fingerprint density at radius 1 is 1.47 bits per heavy atom. The van der Waals surface area contributed by atoms with Crippen molar-refractivity contribution in [3.63, 3.8) is 0 Å². The zero-order chi connectivity index (χ0) is 11.4. The van der Waals surface area contributed by atoms with E-state index in [1.54, 1.807) is 0 Å². The molecule has 1 aromatic heterocycles. The van der Waals surface area contributed by atoms with Crippen LogP contribution in [0.1, 0.15) is 17.8 Å². The summed E-state index contributed by atoms with van der Waals surface area (Å²) in [4.78, 5) is 17.5. The highest BCUT2D eigenvalue weighted by molar-refractivity contribution is 5.73. The minimum atomic E-state index is -2.68. The SMILES string of the molecule is NC(Cc1cnc(C(F)F)cn1)C(=O)O. The fraction of sp³-hybridized carbons (Fsp3) is 0.375. The van der Waals surface area contributed by atoms with Gasteiger partial charge in [-0.15, -0.1) is 0 Å². The third-order valence-electron chi connectivity index (χ3n) is 1.70. The monoisotopic (exact) mass is 217 g/mol. The number of rotatable bonds is 4. The van der Waals surface area contributed by atoms with Crippen LogP contribution in [-0.2, 0) is 11.2 Å². The molecule has 0 saturated heterocycles. The second-order valence-corrected chi connectivity index (χ2v) is 2.88. The van der Waals surface area contributed by atoms with Crippen molar-refractivity contribution in [2.24, 2.45) is 5.73 Å². The molecule has 15 heavy (non-hydrogen) atoms. The maximum atomic E-state index is 12.1. The molecule has 0 bridgehead atoms. The first-order chi connectivity index (χ1) is 7.00. The van der Waals surface area contributed by atoms with E-state index >= 15 is 0 Å². The Balaban J connectivity index is 2.68. The quantitative estimate of drug-likeness (QED) is 0.760. The van der Waals surface area contributed by atoms with Crippen LogP contribution < -0.4 is 5.73 Å². The fourth-order valence-electron chi connectivity index (χ4n) is 0.895. The summed E-state index contributed by atoms with van der Waals surface area (Å²) in [6, 6.07) is -1.10. The Morgan fingerprint density at radius 2 is 2.13 bits per heavy atom. The number of alkyl halides is 2. The molecule has 3 N–H and O–H groups in total. The number of nitrogens with zero attached hydrogens (tertiary/aromatic N) is 2. The van der Waals surface area contributed by atoms with E-state index in [4.69, 9.17) is 10.8 Å². The van der Waals surface area contributed by atoms with Crippen LogP contribution in [0.25, 0.3) is 0 Å². The molecule has 1 heterocycles. The lowest BCUT2D eigenvalue weighted by Crippen LogP contribution is -2.32. The Labute approximate surface area is 84.0 Å². The number of carbonyl (C=O) groups is 1. The molecule has 5 nitrogen and oxygen atoms in total. The standard InChI is InChI=1S/C8H9F2N3O2/c9-7(10)6-3-12-4(2-13-6)1-5(11)8(14)15/h2-3,5,7H,1,11H2,(H,14,15). The van der Waals surface area contributed by atoms with Gasteiger partial charge >= 0.3 is 5.97 Å². The second kappa shape index (κ2) is 4.74. The molecule has 1 aromatic rings.